The van der Waals surface area contributed by atoms with Gasteiger partial charge in [-0.3, -0.25) is 4.79 Å². The van der Waals surface area contributed by atoms with Crippen molar-refractivity contribution in [1.29, 1.82) is 0 Å². The minimum absolute atomic E-state index is 0.0677. The number of likely N-dealkylation sites (tertiary alicyclic amines) is 1. The zero-order valence-corrected chi connectivity index (χ0v) is 20.5. The smallest absolute Gasteiger partial charge is 0.236 e. The van der Waals surface area contributed by atoms with E-state index < -0.39 is 0 Å². The fourth-order valence-corrected chi connectivity index (χ4v) is 5.74. The van der Waals surface area contributed by atoms with Crippen molar-refractivity contribution in [3.63, 3.8) is 0 Å². The molecule has 7 nitrogen and oxygen atoms in total. The molecular weight excluding hydrogens is 446 g/mol. The maximum Gasteiger partial charge on any atom is 0.236 e. The highest BCUT2D eigenvalue weighted by molar-refractivity contribution is 7.17. The first kappa shape index (κ1) is 22.8. The number of amides is 1. The summed E-state index contributed by atoms with van der Waals surface area (Å²) >= 11 is 1.57. The second-order valence-corrected chi connectivity index (χ2v) is 10.2. The van der Waals surface area contributed by atoms with Gasteiger partial charge in [-0.2, -0.15) is 0 Å². The molecule has 3 N–H and O–H groups in total. The molecule has 0 radical (unpaired) electrons. The average molecular weight is 478 g/mol. The summed E-state index contributed by atoms with van der Waals surface area (Å²) in [6, 6.07) is 12.3. The molecule has 2 heterocycles. The summed E-state index contributed by atoms with van der Waals surface area (Å²) in [6.07, 6.45) is 4.25. The number of carbonyl (C=O) groups is 1. The highest BCUT2D eigenvalue weighted by Gasteiger charge is 2.27. The van der Waals surface area contributed by atoms with Gasteiger partial charge in [0, 0.05) is 30.3 Å². The Morgan fingerprint density at radius 1 is 1.21 bits per heavy atom. The van der Waals surface area contributed by atoms with Crippen molar-refractivity contribution in [1.82, 2.24) is 20.4 Å². The van der Waals surface area contributed by atoms with Gasteiger partial charge in [-0.25, -0.2) is 0 Å². The summed E-state index contributed by atoms with van der Waals surface area (Å²) in [5.74, 6) is 0.895. The Balaban J connectivity index is 1.32. The third-order valence-corrected chi connectivity index (χ3v) is 7.51. The number of fused-ring (bicyclic) bond motifs is 1. The number of hydrogen-bond acceptors (Lipinski definition) is 7. The van der Waals surface area contributed by atoms with E-state index in [0.717, 1.165) is 59.9 Å². The molecule has 34 heavy (non-hydrogen) atoms. The molecule has 3 aromatic rings. The normalized spacial score (nSPS) is 17.4. The van der Waals surface area contributed by atoms with E-state index in [4.69, 9.17) is 10.5 Å². The van der Waals surface area contributed by atoms with Crippen LogP contribution >= 0.6 is 11.3 Å². The summed E-state index contributed by atoms with van der Waals surface area (Å²) in [5, 5.41) is 14.2. The lowest BCUT2D eigenvalue weighted by Gasteiger charge is -2.19. The molecule has 5 rings (SSSR count). The molecular formula is C26H31N5O2S. The number of nitrogen functional groups attached to an aromatic ring is 1. The highest BCUT2D eigenvalue weighted by atomic mass is 32.1. The monoisotopic (exact) mass is 477 g/mol. The van der Waals surface area contributed by atoms with Gasteiger partial charge in [-0.15, -0.1) is 10.2 Å². The van der Waals surface area contributed by atoms with Crippen molar-refractivity contribution < 1.29 is 9.53 Å². The topological polar surface area (TPSA) is 93.4 Å². The number of hydrogen-bond donors (Lipinski definition) is 2. The van der Waals surface area contributed by atoms with Crippen LogP contribution in [0.1, 0.15) is 50.3 Å². The molecule has 2 aromatic carbocycles. The van der Waals surface area contributed by atoms with Crippen LogP contribution in [-0.2, 0) is 11.2 Å². The van der Waals surface area contributed by atoms with Gasteiger partial charge in [0.15, 0.2) is 0 Å². The molecule has 0 spiro atoms. The zero-order chi connectivity index (χ0) is 23.7. The van der Waals surface area contributed by atoms with Crippen molar-refractivity contribution in [2.45, 2.75) is 51.7 Å². The predicted octanol–water partition coefficient (Wildman–Crippen LogP) is 4.44. The van der Waals surface area contributed by atoms with Crippen molar-refractivity contribution >= 4 is 22.9 Å². The molecule has 1 aliphatic carbocycles. The lowest BCUT2D eigenvalue weighted by Crippen LogP contribution is -2.37. The van der Waals surface area contributed by atoms with Crippen LogP contribution in [0.25, 0.3) is 21.1 Å². The zero-order valence-electron chi connectivity index (χ0n) is 19.7. The number of carbonyl (C=O) groups excluding carboxylic acids is 1. The lowest BCUT2D eigenvalue weighted by molar-refractivity contribution is -0.129. The van der Waals surface area contributed by atoms with E-state index in [-0.39, 0.29) is 18.1 Å². The standard InChI is InChI=1S/C26H31N5O2S/c1-16(2)33-23-11-8-17(14-21(23)27)25-29-30-26(34-25)20-7-5-6-19-18(20)9-10-22(19)28-15-24(32)31-12-3-4-13-31/h5-8,11,14,16,22,28H,3-4,9-10,12-13,15,27H2,1-2H3/t22-/m0/s1. The largest absolute Gasteiger partial charge is 0.489 e. The number of rotatable bonds is 7. The van der Waals surface area contributed by atoms with Gasteiger partial charge in [0.1, 0.15) is 15.8 Å². The Morgan fingerprint density at radius 3 is 2.76 bits per heavy atom. The first-order valence-electron chi connectivity index (χ1n) is 12.0. The van der Waals surface area contributed by atoms with Crippen LogP contribution in [0.3, 0.4) is 0 Å². The molecule has 1 atom stereocenters. The number of anilines is 1. The molecule has 0 saturated carbocycles. The Morgan fingerprint density at radius 2 is 2.00 bits per heavy atom. The van der Waals surface area contributed by atoms with Gasteiger partial charge in [-0.05, 0) is 68.9 Å². The van der Waals surface area contributed by atoms with Crippen LogP contribution in [0.2, 0.25) is 0 Å². The van der Waals surface area contributed by atoms with Crippen molar-refractivity contribution in [2.75, 3.05) is 25.4 Å². The molecule has 1 fully saturated rings. The van der Waals surface area contributed by atoms with Crippen LogP contribution < -0.4 is 15.8 Å². The third-order valence-electron chi connectivity index (χ3n) is 6.50. The van der Waals surface area contributed by atoms with Crippen molar-refractivity contribution in [3.05, 3.63) is 47.5 Å². The maximum atomic E-state index is 12.5. The van der Waals surface area contributed by atoms with E-state index in [1.54, 1.807) is 11.3 Å². The molecule has 2 aliphatic rings. The molecule has 1 aromatic heterocycles. The molecule has 1 aliphatic heterocycles. The van der Waals surface area contributed by atoms with Crippen LogP contribution in [0.4, 0.5) is 5.69 Å². The Labute approximate surface area is 204 Å². The number of nitrogens with two attached hydrogens (primary N) is 1. The second kappa shape index (κ2) is 9.72. The number of aromatic nitrogens is 2. The van der Waals surface area contributed by atoms with Gasteiger partial charge in [-0.1, -0.05) is 29.5 Å². The molecule has 1 saturated heterocycles. The van der Waals surface area contributed by atoms with E-state index in [1.807, 2.05) is 36.9 Å². The minimum atomic E-state index is 0.0677. The van der Waals surface area contributed by atoms with E-state index in [1.165, 1.54) is 11.1 Å². The number of benzene rings is 2. The second-order valence-electron chi connectivity index (χ2n) is 9.26. The number of ether oxygens (including phenoxy) is 1. The Hall–Kier alpha value is -2.97. The fraction of sp³-hybridized carbons (Fsp3) is 0.423. The number of nitrogens with zero attached hydrogens (tertiary/aromatic N) is 3. The van der Waals surface area contributed by atoms with Gasteiger partial charge < -0.3 is 20.7 Å². The lowest BCUT2D eigenvalue weighted by atomic mass is 10.0. The third kappa shape index (κ3) is 4.65. The van der Waals surface area contributed by atoms with Crippen LogP contribution in [0.15, 0.2) is 36.4 Å². The van der Waals surface area contributed by atoms with Gasteiger partial charge in [0.05, 0.1) is 18.3 Å². The molecule has 0 unspecified atom stereocenters. The Bertz CT molecular complexity index is 1190. The average Bonchev–Trinajstić information content (AvgIpc) is 3.59. The van der Waals surface area contributed by atoms with Crippen LogP contribution in [-0.4, -0.2) is 46.7 Å². The summed E-state index contributed by atoms with van der Waals surface area (Å²) < 4.78 is 5.75. The van der Waals surface area contributed by atoms with E-state index >= 15 is 0 Å². The molecule has 0 bridgehead atoms. The van der Waals surface area contributed by atoms with Crippen LogP contribution in [0.5, 0.6) is 5.75 Å². The van der Waals surface area contributed by atoms with Gasteiger partial charge in [0.2, 0.25) is 5.91 Å². The van der Waals surface area contributed by atoms with Gasteiger partial charge >= 0.3 is 0 Å². The minimum Gasteiger partial charge on any atom is -0.489 e. The first-order chi connectivity index (χ1) is 16.5. The summed E-state index contributed by atoms with van der Waals surface area (Å²) in [7, 11) is 0. The van der Waals surface area contributed by atoms with Gasteiger partial charge in [0.25, 0.3) is 0 Å². The SMILES string of the molecule is CC(C)Oc1ccc(-c2nnc(-c3cccc4c3CC[C@@H]4NCC(=O)N3CCCC3)s2)cc1N. The molecule has 8 heteroatoms. The summed E-state index contributed by atoms with van der Waals surface area (Å²) in [6.45, 7) is 6.15. The van der Waals surface area contributed by atoms with E-state index in [9.17, 15) is 4.79 Å². The predicted molar refractivity (Wildman–Crippen MR) is 136 cm³/mol. The van der Waals surface area contributed by atoms with Crippen molar-refractivity contribution in [3.8, 4) is 26.9 Å². The van der Waals surface area contributed by atoms with Crippen molar-refractivity contribution in [2.24, 2.45) is 0 Å². The highest BCUT2D eigenvalue weighted by Crippen LogP contribution is 2.40. The van der Waals surface area contributed by atoms with E-state index in [0.29, 0.717) is 18.0 Å². The maximum absolute atomic E-state index is 12.5. The van der Waals surface area contributed by atoms with Crippen LogP contribution in [0, 0.1) is 0 Å². The number of nitrogens with one attached hydrogen (secondary N) is 1. The molecule has 1 amide bonds. The summed E-state index contributed by atoms with van der Waals surface area (Å²) in [4.78, 5) is 14.4. The van der Waals surface area contributed by atoms with E-state index in [2.05, 4.69) is 33.7 Å². The quantitative estimate of drug-likeness (QED) is 0.489. The summed E-state index contributed by atoms with van der Waals surface area (Å²) in [5.41, 5.74) is 11.4. The molecule has 178 valence electrons. The fourth-order valence-electron chi connectivity index (χ4n) is 4.85. The Kier molecular flexibility index (Phi) is 6.52. The first-order valence-corrected chi connectivity index (χ1v) is 12.8.